The van der Waals surface area contributed by atoms with E-state index in [1.807, 2.05) is 18.4 Å². The van der Waals surface area contributed by atoms with Gasteiger partial charge in [0.05, 0.1) is 17.5 Å². The molecule has 1 saturated heterocycles. The van der Waals surface area contributed by atoms with Crippen LogP contribution < -0.4 is 10.6 Å². The third-order valence-electron chi connectivity index (χ3n) is 6.93. The first-order valence-corrected chi connectivity index (χ1v) is 11.8. The molecule has 1 aliphatic carbocycles. The first-order valence-electron chi connectivity index (χ1n) is 11.8. The van der Waals surface area contributed by atoms with E-state index >= 15 is 0 Å². The Labute approximate surface area is 196 Å². The lowest BCUT2D eigenvalue weighted by Gasteiger charge is -2.26. The summed E-state index contributed by atoms with van der Waals surface area (Å²) in [5.41, 5.74) is 0.660. The van der Waals surface area contributed by atoms with E-state index in [1.54, 1.807) is 6.20 Å². The van der Waals surface area contributed by atoms with Crippen LogP contribution in [-0.4, -0.2) is 49.5 Å². The van der Waals surface area contributed by atoms with Crippen molar-refractivity contribution < 1.29 is 18.6 Å². The van der Waals surface area contributed by atoms with E-state index < -0.39 is 17.2 Å². The first kappa shape index (κ1) is 22.9. The van der Waals surface area contributed by atoms with Crippen LogP contribution in [0.5, 0.6) is 0 Å². The second-order valence-electron chi connectivity index (χ2n) is 9.81. The summed E-state index contributed by atoms with van der Waals surface area (Å²) in [6.07, 6.45) is 5.94. The maximum atomic E-state index is 14.4. The number of fused-ring (bicyclic) bond motifs is 1. The molecule has 3 heterocycles. The maximum Gasteiger partial charge on any atom is 0.224 e. The van der Waals surface area contributed by atoms with Crippen molar-refractivity contribution in [1.82, 2.24) is 19.5 Å². The highest BCUT2D eigenvalue weighted by Gasteiger charge is 2.35. The molecule has 0 amide bonds. The van der Waals surface area contributed by atoms with Gasteiger partial charge in [0.1, 0.15) is 17.2 Å². The molecule has 3 N–H and O–H groups in total. The largest absolute Gasteiger partial charge is 0.390 e. The van der Waals surface area contributed by atoms with E-state index in [9.17, 15) is 13.9 Å². The van der Waals surface area contributed by atoms with Gasteiger partial charge in [-0.1, -0.05) is 0 Å². The highest BCUT2D eigenvalue weighted by Crippen LogP contribution is 2.36. The SMILES string of the molecule is CC(C)(O)C1CCC(Nc2ncc3nc(Nc4ccc(F)cc4F)n(C4CCOCC4)c3n2)C1. The average Bonchev–Trinajstić information content (AvgIpc) is 3.40. The number of hydrogen-bond donors (Lipinski definition) is 3. The predicted octanol–water partition coefficient (Wildman–Crippen LogP) is 4.55. The van der Waals surface area contributed by atoms with Crippen molar-refractivity contribution >= 4 is 28.7 Å². The molecular weight excluding hydrogens is 442 g/mol. The van der Waals surface area contributed by atoms with E-state index in [4.69, 9.17) is 9.72 Å². The standard InChI is InChI=1S/C24H30F2N6O2/c1-24(2,33)14-3-5-16(11-14)28-22-27-13-20-21(31-22)32(17-7-9-34-10-8-17)23(30-20)29-19-6-4-15(25)12-18(19)26/h4,6,12-14,16-17,33H,3,5,7-11H2,1-2H3,(H,29,30)(H,27,28,31). The van der Waals surface area contributed by atoms with Crippen LogP contribution in [0.4, 0.5) is 26.4 Å². The number of anilines is 3. The molecule has 1 saturated carbocycles. The normalized spacial score (nSPS) is 21.8. The number of aliphatic hydroxyl groups is 1. The van der Waals surface area contributed by atoms with Crippen LogP contribution in [0.3, 0.4) is 0 Å². The van der Waals surface area contributed by atoms with Gasteiger partial charge in [0.2, 0.25) is 11.9 Å². The highest BCUT2D eigenvalue weighted by atomic mass is 19.1. The fourth-order valence-corrected chi connectivity index (χ4v) is 4.99. The number of imidazole rings is 1. The van der Waals surface area contributed by atoms with E-state index in [2.05, 4.69) is 20.6 Å². The number of halogens is 2. The molecule has 0 bridgehead atoms. The van der Waals surface area contributed by atoms with Crippen molar-refractivity contribution in [2.24, 2.45) is 5.92 Å². The van der Waals surface area contributed by atoms with Gasteiger partial charge < -0.3 is 20.5 Å². The number of hydrogen-bond acceptors (Lipinski definition) is 7. The van der Waals surface area contributed by atoms with Crippen LogP contribution in [0, 0.1) is 17.6 Å². The van der Waals surface area contributed by atoms with Gasteiger partial charge in [0, 0.05) is 31.4 Å². The van der Waals surface area contributed by atoms with Gasteiger partial charge in [-0.05, 0) is 64.0 Å². The third kappa shape index (κ3) is 4.69. The lowest BCUT2D eigenvalue weighted by Crippen LogP contribution is -2.30. The van der Waals surface area contributed by atoms with E-state index in [1.165, 1.54) is 12.1 Å². The number of aromatic nitrogens is 4. The van der Waals surface area contributed by atoms with Crippen LogP contribution in [0.15, 0.2) is 24.4 Å². The summed E-state index contributed by atoms with van der Waals surface area (Å²) >= 11 is 0. The zero-order valence-corrected chi connectivity index (χ0v) is 19.4. The molecule has 8 nitrogen and oxygen atoms in total. The number of nitrogens with one attached hydrogen (secondary N) is 2. The predicted molar refractivity (Wildman–Crippen MR) is 125 cm³/mol. The average molecular weight is 473 g/mol. The summed E-state index contributed by atoms with van der Waals surface area (Å²) in [7, 11) is 0. The number of nitrogens with zero attached hydrogens (tertiary/aromatic N) is 4. The topological polar surface area (TPSA) is 97.1 Å². The number of ether oxygens (including phenoxy) is 1. The minimum atomic E-state index is -0.709. The maximum absolute atomic E-state index is 14.4. The smallest absolute Gasteiger partial charge is 0.224 e. The van der Waals surface area contributed by atoms with Gasteiger partial charge in [-0.25, -0.2) is 18.7 Å². The molecule has 1 aromatic carbocycles. The van der Waals surface area contributed by atoms with Crippen LogP contribution in [0.25, 0.3) is 11.2 Å². The van der Waals surface area contributed by atoms with Gasteiger partial charge in [-0.2, -0.15) is 4.98 Å². The molecule has 182 valence electrons. The molecule has 2 fully saturated rings. The van der Waals surface area contributed by atoms with Crippen molar-refractivity contribution in [2.45, 2.75) is 63.6 Å². The molecule has 0 spiro atoms. The van der Waals surface area contributed by atoms with Crippen molar-refractivity contribution in [3.8, 4) is 0 Å². The summed E-state index contributed by atoms with van der Waals surface area (Å²) in [5.74, 6) is -0.172. The fourth-order valence-electron chi connectivity index (χ4n) is 4.99. The zero-order chi connectivity index (χ0) is 23.9. The van der Waals surface area contributed by atoms with Gasteiger partial charge >= 0.3 is 0 Å². The summed E-state index contributed by atoms with van der Waals surface area (Å²) < 4.78 is 35.2. The molecule has 2 unspecified atom stereocenters. The van der Waals surface area contributed by atoms with Gasteiger partial charge in [0.25, 0.3) is 0 Å². The second-order valence-corrected chi connectivity index (χ2v) is 9.81. The Morgan fingerprint density at radius 3 is 2.62 bits per heavy atom. The van der Waals surface area contributed by atoms with E-state index in [0.717, 1.165) is 38.2 Å². The minimum Gasteiger partial charge on any atom is -0.390 e. The molecule has 1 aliphatic heterocycles. The van der Waals surface area contributed by atoms with Gasteiger partial charge in [0.15, 0.2) is 5.65 Å². The van der Waals surface area contributed by atoms with Crippen LogP contribution in [0.1, 0.15) is 52.0 Å². The molecule has 2 aliphatic rings. The van der Waals surface area contributed by atoms with Crippen LogP contribution in [0.2, 0.25) is 0 Å². The third-order valence-corrected chi connectivity index (χ3v) is 6.93. The molecule has 10 heteroatoms. The Hall–Kier alpha value is -2.85. The summed E-state index contributed by atoms with van der Waals surface area (Å²) in [6.45, 7) is 4.94. The highest BCUT2D eigenvalue weighted by molar-refractivity contribution is 5.76. The van der Waals surface area contributed by atoms with Crippen molar-refractivity contribution in [1.29, 1.82) is 0 Å². The Morgan fingerprint density at radius 2 is 1.91 bits per heavy atom. The van der Waals surface area contributed by atoms with Crippen molar-refractivity contribution in [2.75, 3.05) is 23.8 Å². The molecule has 2 atom stereocenters. The Balaban J connectivity index is 1.46. The summed E-state index contributed by atoms with van der Waals surface area (Å²) in [6, 6.07) is 3.65. The zero-order valence-electron chi connectivity index (χ0n) is 19.4. The Bertz CT molecular complexity index is 1170. The fraction of sp³-hybridized carbons (Fsp3) is 0.542. The van der Waals surface area contributed by atoms with Crippen LogP contribution >= 0.6 is 0 Å². The lowest BCUT2D eigenvalue weighted by molar-refractivity contribution is 0.0197. The molecule has 34 heavy (non-hydrogen) atoms. The lowest BCUT2D eigenvalue weighted by atomic mass is 9.90. The first-order chi connectivity index (χ1) is 16.3. The van der Waals surface area contributed by atoms with Crippen molar-refractivity contribution in [3.63, 3.8) is 0 Å². The minimum absolute atomic E-state index is 0.0681. The number of rotatable bonds is 6. The Morgan fingerprint density at radius 1 is 1.12 bits per heavy atom. The van der Waals surface area contributed by atoms with Gasteiger partial charge in [-0.3, -0.25) is 4.57 Å². The molecule has 0 radical (unpaired) electrons. The Kier molecular flexibility index (Phi) is 6.11. The quantitative estimate of drug-likeness (QED) is 0.484. The molecular formula is C24H30F2N6O2. The molecule has 3 aromatic rings. The molecule has 2 aromatic heterocycles. The van der Waals surface area contributed by atoms with Crippen molar-refractivity contribution in [3.05, 3.63) is 36.0 Å². The summed E-state index contributed by atoms with van der Waals surface area (Å²) in [4.78, 5) is 13.9. The van der Waals surface area contributed by atoms with E-state index in [0.29, 0.717) is 36.3 Å². The molecule has 5 rings (SSSR count). The van der Waals surface area contributed by atoms with E-state index in [-0.39, 0.29) is 23.7 Å². The monoisotopic (exact) mass is 472 g/mol. The summed E-state index contributed by atoms with van der Waals surface area (Å²) in [5, 5.41) is 16.8. The van der Waals surface area contributed by atoms with Gasteiger partial charge in [-0.15, -0.1) is 0 Å². The van der Waals surface area contributed by atoms with Crippen LogP contribution in [-0.2, 0) is 4.74 Å². The number of benzene rings is 1. The second kappa shape index (κ2) is 9.07.